The van der Waals surface area contributed by atoms with Crippen molar-refractivity contribution < 1.29 is 14.3 Å². The molecule has 7 heteroatoms. The second kappa shape index (κ2) is 8.26. The predicted octanol–water partition coefficient (Wildman–Crippen LogP) is 2.23. The summed E-state index contributed by atoms with van der Waals surface area (Å²) in [5.74, 6) is -0.00752. The fourth-order valence-corrected chi connectivity index (χ4v) is 2.50. The average Bonchev–Trinajstić information content (AvgIpc) is 2.34. The summed E-state index contributed by atoms with van der Waals surface area (Å²) in [6.07, 6.45) is 0. The predicted molar refractivity (Wildman–Crippen MR) is 83.6 cm³/mol. The minimum Gasteiger partial charge on any atom is -0.483 e. The molecule has 0 saturated heterocycles. The Labute approximate surface area is 134 Å². The van der Waals surface area contributed by atoms with Crippen LogP contribution in [-0.2, 0) is 9.59 Å². The van der Waals surface area contributed by atoms with Crippen molar-refractivity contribution in [2.45, 2.75) is 19.9 Å². The Morgan fingerprint density at radius 2 is 1.95 bits per heavy atom. The number of carbonyl (C=O) groups excluding carboxylic acids is 2. The van der Waals surface area contributed by atoms with Crippen molar-refractivity contribution in [2.75, 3.05) is 13.2 Å². The minimum atomic E-state index is -0.348. The third-order valence-electron chi connectivity index (χ3n) is 2.15. The van der Waals surface area contributed by atoms with Gasteiger partial charge in [0.15, 0.2) is 6.61 Å². The largest absolute Gasteiger partial charge is 0.483 e. The van der Waals surface area contributed by atoms with E-state index in [-0.39, 0.29) is 31.0 Å². The molecule has 0 aliphatic carbocycles. The maximum absolute atomic E-state index is 11.5. The molecule has 0 spiro atoms. The van der Waals surface area contributed by atoms with Gasteiger partial charge in [0.2, 0.25) is 5.91 Å². The number of hydrogen-bond acceptors (Lipinski definition) is 3. The molecule has 0 radical (unpaired) electrons. The van der Waals surface area contributed by atoms with Crippen LogP contribution in [0.25, 0.3) is 0 Å². The van der Waals surface area contributed by atoms with Gasteiger partial charge in [-0.2, -0.15) is 0 Å². The molecular weight excluding hydrogens is 392 g/mol. The monoisotopic (exact) mass is 406 g/mol. The van der Waals surface area contributed by atoms with Crippen LogP contribution in [0.4, 0.5) is 0 Å². The van der Waals surface area contributed by atoms with E-state index < -0.39 is 0 Å². The number of carbonyl (C=O) groups is 2. The Bertz CT molecular complexity index is 493. The van der Waals surface area contributed by atoms with E-state index in [4.69, 9.17) is 4.74 Å². The summed E-state index contributed by atoms with van der Waals surface area (Å²) in [5.41, 5.74) is 0. The van der Waals surface area contributed by atoms with Gasteiger partial charge in [0, 0.05) is 10.5 Å². The summed E-state index contributed by atoms with van der Waals surface area (Å²) in [6.45, 7) is 3.51. The first-order chi connectivity index (χ1) is 9.38. The first-order valence-corrected chi connectivity index (χ1v) is 7.61. The summed E-state index contributed by atoms with van der Waals surface area (Å²) < 4.78 is 7.01. The van der Waals surface area contributed by atoms with Gasteiger partial charge in [-0.25, -0.2) is 0 Å². The molecule has 0 atom stereocenters. The number of rotatable bonds is 6. The van der Waals surface area contributed by atoms with Gasteiger partial charge >= 0.3 is 0 Å². The Kier molecular flexibility index (Phi) is 7.01. The first-order valence-electron chi connectivity index (χ1n) is 6.02. The van der Waals surface area contributed by atoms with E-state index in [0.717, 1.165) is 8.95 Å². The lowest BCUT2D eigenvalue weighted by Gasteiger charge is -2.10. The lowest BCUT2D eigenvalue weighted by Crippen LogP contribution is -2.41. The van der Waals surface area contributed by atoms with Crippen molar-refractivity contribution in [3.05, 3.63) is 27.1 Å². The molecule has 0 bridgehead atoms. The first kappa shape index (κ1) is 17.0. The van der Waals surface area contributed by atoms with Crippen LogP contribution in [0.1, 0.15) is 13.8 Å². The number of halogens is 2. The van der Waals surface area contributed by atoms with Gasteiger partial charge in [0.25, 0.3) is 5.91 Å². The minimum absolute atomic E-state index is 0.0503. The van der Waals surface area contributed by atoms with Crippen molar-refractivity contribution in [3.8, 4) is 5.75 Å². The van der Waals surface area contributed by atoms with Gasteiger partial charge in [0.1, 0.15) is 5.75 Å². The number of amides is 2. The van der Waals surface area contributed by atoms with Gasteiger partial charge in [-0.1, -0.05) is 15.9 Å². The third kappa shape index (κ3) is 6.38. The Morgan fingerprint density at radius 3 is 2.55 bits per heavy atom. The van der Waals surface area contributed by atoms with E-state index in [1.807, 2.05) is 26.0 Å². The molecule has 0 aromatic heterocycles. The molecule has 0 unspecified atom stereocenters. The topological polar surface area (TPSA) is 67.4 Å². The highest BCUT2D eigenvalue weighted by Gasteiger charge is 2.08. The third-order valence-corrected chi connectivity index (χ3v) is 3.26. The van der Waals surface area contributed by atoms with Crippen LogP contribution >= 0.6 is 31.9 Å². The number of hydrogen-bond donors (Lipinski definition) is 2. The van der Waals surface area contributed by atoms with Crippen LogP contribution < -0.4 is 15.4 Å². The van der Waals surface area contributed by atoms with Crippen molar-refractivity contribution >= 4 is 43.7 Å². The summed E-state index contributed by atoms with van der Waals surface area (Å²) in [5, 5.41) is 5.17. The molecule has 2 amide bonds. The maximum atomic E-state index is 11.5. The summed E-state index contributed by atoms with van der Waals surface area (Å²) >= 11 is 6.66. The fourth-order valence-electron chi connectivity index (χ4n) is 1.34. The molecule has 0 heterocycles. The SMILES string of the molecule is CC(C)NC(=O)CNC(=O)COc1ccc(Br)cc1Br. The smallest absolute Gasteiger partial charge is 0.258 e. The maximum Gasteiger partial charge on any atom is 0.258 e. The molecule has 1 rings (SSSR count). The standard InChI is InChI=1S/C13H16Br2N2O3/c1-8(2)17-12(18)6-16-13(19)7-20-11-4-3-9(14)5-10(11)15/h3-5,8H,6-7H2,1-2H3,(H,16,19)(H,17,18). The van der Waals surface area contributed by atoms with Crippen LogP contribution in [0.5, 0.6) is 5.75 Å². The van der Waals surface area contributed by atoms with E-state index in [1.54, 1.807) is 6.07 Å². The van der Waals surface area contributed by atoms with E-state index in [1.165, 1.54) is 0 Å². The van der Waals surface area contributed by atoms with Gasteiger partial charge in [-0.3, -0.25) is 9.59 Å². The lowest BCUT2D eigenvalue weighted by molar-refractivity contribution is -0.127. The zero-order valence-corrected chi connectivity index (χ0v) is 14.4. The van der Waals surface area contributed by atoms with Crippen LogP contribution in [-0.4, -0.2) is 31.0 Å². The molecular formula is C13H16Br2N2O3. The highest BCUT2D eigenvalue weighted by molar-refractivity contribution is 9.11. The summed E-state index contributed by atoms with van der Waals surface area (Å²) in [4.78, 5) is 22.9. The second-order valence-electron chi connectivity index (χ2n) is 4.36. The number of benzene rings is 1. The molecule has 0 saturated carbocycles. The van der Waals surface area contributed by atoms with E-state index in [0.29, 0.717) is 5.75 Å². The van der Waals surface area contributed by atoms with Crippen molar-refractivity contribution in [2.24, 2.45) is 0 Å². The molecule has 5 nitrogen and oxygen atoms in total. The van der Waals surface area contributed by atoms with E-state index >= 15 is 0 Å². The fraction of sp³-hybridized carbons (Fsp3) is 0.385. The highest BCUT2D eigenvalue weighted by atomic mass is 79.9. The number of ether oxygens (including phenoxy) is 1. The molecule has 110 valence electrons. The number of nitrogens with one attached hydrogen (secondary N) is 2. The van der Waals surface area contributed by atoms with Gasteiger partial charge in [0.05, 0.1) is 11.0 Å². The Hall–Kier alpha value is -1.08. The normalized spacial score (nSPS) is 10.2. The van der Waals surface area contributed by atoms with Crippen LogP contribution in [0.2, 0.25) is 0 Å². The van der Waals surface area contributed by atoms with Crippen LogP contribution in [0, 0.1) is 0 Å². The Morgan fingerprint density at radius 1 is 1.25 bits per heavy atom. The van der Waals surface area contributed by atoms with Crippen LogP contribution in [0.3, 0.4) is 0 Å². The van der Waals surface area contributed by atoms with Crippen LogP contribution in [0.15, 0.2) is 27.1 Å². The molecule has 20 heavy (non-hydrogen) atoms. The summed E-state index contributed by atoms with van der Waals surface area (Å²) in [7, 11) is 0. The molecule has 1 aromatic rings. The molecule has 0 aliphatic heterocycles. The van der Waals surface area contributed by atoms with Gasteiger partial charge in [-0.15, -0.1) is 0 Å². The van der Waals surface area contributed by atoms with Gasteiger partial charge in [-0.05, 0) is 48.0 Å². The average molecular weight is 408 g/mol. The van der Waals surface area contributed by atoms with Crippen molar-refractivity contribution in [3.63, 3.8) is 0 Å². The van der Waals surface area contributed by atoms with E-state index in [2.05, 4.69) is 42.5 Å². The zero-order chi connectivity index (χ0) is 15.1. The quantitative estimate of drug-likeness (QED) is 0.759. The second-order valence-corrected chi connectivity index (χ2v) is 6.13. The molecule has 0 fully saturated rings. The molecule has 1 aromatic carbocycles. The van der Waals surface area contributed by atoms with Crippen molar-refractivity contribution in [1.29, 1.82) is 0 Å². The zero-order valence-electron chi connectivity index (χ0n) is 11.2. The van der Waals surface area contributed by atoms with E-state index in [9.17, 15) is 9.59 Å². The molecule has 2 N–H and O–H groups in total. The highest BCUT2D eigenvalue weighted by Crippen LogP contribution is 2.27. The lowest BCUT2D eigenvalue weighted by atomic mass is 10.3. The molecule has 0 aliphatic rings. The van der Waals surface area contributed by atoms with Gasteiger partial charge < -0.3 is 15.4 Å². The summed E-state index contributed by atoms with van der Waals surface area (Å²) in [6, 6.07) is 5.43. The Balaban J connectivity index is 2.34. The van der Waals surface area contributed by atoms with Crippen molar-refractivity contribution in [1.82, 2.24) is 10.6 Å².